The third-order valence-electron chi connectivity index (χ3n) is 4.82. The Morgan fingerprint density at radius 1 is 0.923 bits per heavy atom. The summed E-state index contributed by atoms with van der Waals surface area (Å²) in [7, 11) is 0. The molecule has 0 N–H and O–H groups in total. The van der Waals surface area contributed by atoms with Crippen LogP contribution in [0.5, 0.6) is 0 Å². The lowest BCUT2D eigenvalue weighted by molar-refractivity contribution is 0.112. The van der Waals surface area contributed by atoms with Crippen molar-refractivity contribution in [1.29, 1.82) is 0 Å². The molecule has 0 saturated carbocycles. The first kappa shape index (κ1) is 16.5. The number of rotatable bonds is 4. The molecule has 0 saturated heterocycles. The SMILES string of the molecule is CC(C)Cc1ccc2c(-c3ccc4ccccc4c3C=O)nccc2c1. The number of benzene rings is 3. The van der Waals surface area contributed by atoms with Crippen molar-refractivity contribution in [2.24, 2.45) is 5.92 Å². The minimum atomic E-state index is 0.621. The van der Waals surface area contributed by atoms with Gasteiger partial charge in [-0.2, -0.15) is 0 Å². The Labute approximate surface area is 153 Å². The normalized spacial score (nSPS) is 11.3. The van der Waals surface area contributed by atoms with Gasteiger partial charge in [0.2, 0.25) is 0 Å². The van der Waals surface area contributed by atoms with E-state index in [0.29, 0.717) is 11.5 Å². The average molecular weight is 339 g/mol. The molecule has 0 aliphatic rings. The van der Waals surface area contributed by atoms with Crippen LogP contribution in [0.1, 0.15) is 29.8 Å². The van der Waals surface area contributed by atoms with Crippen LogP contribution in [-0.4, -0.2) is 11.3 Å². The van der Waals surface area contributed by atoms with E-state index in [1.165, 1.54) is 5.56 Å². The Bertz CT molecular complexity index is 1110. The minimum Gasteiger partial charge on any atom is -0.298 e. The second-order valence-corrected chi connectivity index (χ2v) is 7.18. The third-order valence-corrected chi connectivity index (χ3v) is 4.82. The average Bonchev–Trinajstić information content (AvgIpc) is 2.66. The van der Waals surface area contributed by atoms with Crippen LogP contribution < -0.4 is 0 Å². The fourth-order valence-electron chi connectivity index (χ4n) is 3.67. The standard InChI is InChI=1S/C24H21NO/c1-16(2)13-17-7-9-21-19(14-17)11-12-25-24(21)22-10-8-18-5-3-4-6-20(18)23(22)15-26/h3-12,14-16H,13H2,1-2H3. The smallest absolute Gasteiger partial charge is 0.151 e. The molecule has 0 bridgehead atoms. The Morgan fingerprint density at radius 3 is 2.58 bits per heavy atom. The fourth-order valence-corrected chi connectivity index (χ4v) is 3.67. The molecule has 3 aromatic carbocycles. The number of aromatic nitrogens is 1. The second-order valence-electron chi connectivity index (χ2n) is 7.18. The van der Waals surface area contributed by atoms with Crippen molar-refractivity contribution >= 4 is 27.8 Å². The fraction of sp³-hybridized carbons (Fsp3) is 0.167. The highest BCUT2D eigenvalue weighted by Crippen LogP contribution is 2.33. The second kappa shape index (κ2) is 6.72. The van der Waals surface area contributed by atoms with E-state index >= 15 is 0 Å². The molecule has 0 atom stereocenters. The number of hydrogen-bond donors (Lipinski definition) is 0. The maximum atomic E-state index is 11.9. The Hall–Kier alpha value is -3.00. The Morgan fingerprint density at radius 2 is 1.77 bits per heavy atom. The predicted octanol–water partition coefficient (Wildman–Crippen LogP) is 6.07. The quantitative estimate of drug-likeness (QED) is 0.423. The van der Waals surface area contributed by atoms with Crippen molar-refractivity contribution in [1.82, 2.24) is 4.98 Å². The van der Waals surface area contributed by atoms with Crippen LogP contribution in [-0.2, 0) is 6.42 Å². The van der Waals surface area contributed by atoms with Crippen molar-refractivity contribution in [3.8, 4) is 11.3 Å². The molecule has 0 amide bonds. The van der Waals surface area contributed by atoms with E-state index < -0.39 is 0 Å². The van der Waals surface area contributed by atoms with Gasteiger partial charge in [-0.25, -0.2) is 0 Å². The van der Waals surface area contributed by atoms with Crippen molar-refractivity contribution in [2.75, 3.05) is 0 Å². The molecule has 0 aliphatic heterocycles. The summed E-state index contributed by atoms with van der Waals surface area (Å²) >= 11 is 0. The van der Waals surface area contributed by atoms with Gasteiger partial charge in [-0.1, -0.05) is 68.4 Å². The molecule has 1 aromatic heterocycles. The first-order valence-electron chi connectivity index (χ1n) is 9.02. The number of carbonyl (C=O) groups is 1. The molecular formula is C24H21NO. The van der Waals surface area contributed by atoms with Gasteiger partial charge in [-0.15, -0.1) is 0 Å². The highest BCUT2D eigenvalue weighted by atomic mass is 16.1. The summed E-state index contributed by atoms with van der Waals surface area (Å²) in [6.07, 6.45) is 3.84. The molecule has 26 heavy (non-hydrogen) atoms. The van der Waals surface area contributed by atoms with Gasteiger partial charge in [-0.3, -0.25) is 9.78 Å². The van der Waals surface area contributed by atoms with Crippen molar-refractivity contribution < 1.29 is 4.79 Å². The number of hydrogen-bond acceptors (Lipinski definition) is 2. The summed E-state index contributed by atoms with van der Waals surface area (Å²) in [4.78, 5) is 16.5. The third kappa shape index (κ3) is 2.88. The number of nitrogens with zero attached hydrogens (tertiary/aromatic N) is 1. The monoisotopic (exact) mass is 339 g/mol. The number of aldehydes is 1. The van der Waals surface area contributed by atoms with Gasteiger partial charge in [-0.05, 0) is 40.1 Å². The van der Waals surface area contributed by atoms with E-state index in [0.717, 1.165) is 45.5 Å². The van der Waals surface area contributed by atoms with Crippen molar-refractivity contribution in [3.63, 3.8) is 0 Å². The van der Waals surface area contributed by atoms with E-state index in [1.54, 1.807) is 0 Å². The first-order chi connectivity index (χ1) is 12.7. The maximum Gasteiger partial charge on any atom is 0.151 e. The Kier molecular flexibility index (Phi) is 4.26. The van der Waals surface area contributed by atoms with Crippen LogP contribution in [0.2, 0.25) is 0 Å². The molecule has 4 aromatic rings. The van der Waals surface area contributed by atoms with E-state index in [2.05, 4.69) is 43.1 Å². The van der Waals surface area contributed by atoms with Crippen LogP contribution in [0, 0.1) is 5.92 Å². The molecule has 0 unspecified atom stereocenters. The molecule has 0 spiro atoms. The van der Waals surface area contributed by atoms with Gasteiger partial charge >= 0.3 is 0 Å². The highest BCUT2D eigenvalue weighted by Gasteiger charge is 2.13. The minimum absolute atomic E-state index is 0.621. The summed E-state index contributed by atoms with van der Waals surface area (Å²) in [6, 6.07) is 20.6. The molecule has 0 fully saturated rings. The highest BCUT2D eigenvalue weighted by molar-refractivity contribution is 6.07. The van der Waals surface area contributed by atoms with E-state index in [4.69, 9.17) is 0 Å². The van der Waals surface area contributed by atoms with E-state index in [1.807, 2.05) is 42.6 Å². The Balaban J connectivity index is 1.94. The van der Waals surface area contributed by atoms with Crippen LogP contribution in [0.15, 0.2) is 66.9 Å². The molecule has 128 valence electrons. The van der Waals surface area contributed by atoms with E-state index in [-0.39, 0.29) is 0 Å². The van der Waals surface area contributed by atoms with Gasteiger partial charge < -0.3 is 0 Å². The first-order valence-corrected chi connectivity index (χ1v) is 9.02. The molecule has 4 rings (SSSR count). The number of pyridine rings is 1. The van der Waals surface area contributed by atoms with Gasteiger partial charge in [0.05, 0.1) is 5.69 Å². The lowest BCUT2D eigenvalue weighted by atomic mass is 9.94. The molecule has 2 nitrogen and oxygen atoms in total. The predicted molar refractivity (Wildman–Crippen MR) is 109 cm³/mol. The zero-order chi connectivity index (χ0) is 18.1. The summed E-state index contributed by atoms with van der Waals surface area (Å²) in [6.45, 7) is 4.46. The maximum absolute atomic E-state index is 11.9. The van der Waals surface area contributed by atoms with Crippen LogP contribution >= 0.6 is 0 Å². The lowest BCUT2D eigenvalue weighted by Crippen LogP contribution is -1.96. The molecule has 2 heteroatoms. The molecule has 1 heterocycles. The summed E-state index contributed by atoms with van der Waals surface area (Å²) in [5.74, 6) is 0.621. The molecule has 0 aliphatic carbocycles. The van der Waals surface area contributed by atoms with Crippen LogP contribution in [0.25, 0.3) is 32.8 Å². The van der Waals surface area contributed by atoms with Crippen LogP contribution in [0.3, 0.4) is 0 Å². The summed E-state index contributed by atoms with van der Waals surface area (Å²) < 4.78 is 0. The van der Waals surface area contributed by atoms with Gasteiger partial charge in [0, 0.05) is 22.7 Å². The lowest BCUT2D eigenvalue weighted by Gasteiger charge is -2.12. The van der Waals surface area contributed by atoms with Gasteiger partial charge in [0.1, 0.15) is 0 Å². The topological polar surface area (TPSA) is 30.0 Å². The van der Waals surface area contributed by atoms with Gasteiger partial charge in [0.15, 0.2) is 6.29 Å². The van der Waals surface area contributed by atoms with Crippen molar-refractivity contribution in [2.45, 2.75) is 20.3 Å². The largest absolute Gasteiger partial charge is 0.298 e. The van der Waals surface area contributed by atoms with Crippen molar-refractivity contribution in [3.05, 3.63) is 78.0 Å². The van der Waals surface area contributed by atoms with E-state index in [9.17, 15) is 4.79 Å². The number of carbonyl (C=O) groups excluding carboxylic acids is 1. The molecule has 0 radical (unpaired) electrons. The zero-order valence-electron chi connectivity index (χ0n) is 15.1. The summed E-state index contributed by atoms with van der Waals surface area (Å²) in [5.41, 5.74) is 3.79. The zero-order valence-corrected chi connectivity index (χ0v) is 15.1. The van der Waals surface area contributed by atoms with Crippen LogP contribution in [0.4, 0.5) is 0 Å². The molecular weight excluding hydrogens is 318 g/mol. The summed E-state index contributed by atoms with van der Waals surface area (Å²) in [5, 5.41) is 4.28. The number of fused-ring (bicyclic) bond motifs is 2. The van der Waals surface area contributed by atoms with Gasteiger partial charge in [0.25, 0.3) is 0 Å².